The van der Waals surface area contributed by atoms with Crippen LogP contribution in [-0.2, 0) is 6.54 Å². The SMILES string of the molecule is O=C(NCc1ccc(OC(F)F)cc1)c1csc(-c2ccsc2)n1. The van der Waals surface area contributed by atoms with Gasteiger partial charge in [-0.2, -0.15) is 20.1 Å². The highest BCUT2D eigenvalue weighted by molar-refractivity contribution is 7.14. The molecule has 0 unspecified atom stereocenters. The van der Waals surface area contributed by atoms with Crippen LogP contribution in [0, 0.1) is 0 Å². The molecule has 0 saturated heterocycles. The van der Waals surface area contributed by atoms with E-state index in [4.69, 9.17) is 0 Å². The van der Waals surface area contributed by atoms with Crippen molar-refractivity contribution < 1.29 is 18.3 Å². The van der Waals surface area contributed by atoms with Crippen molar-refractivity contribution >= 4 is 28.6 Å². The number of alkyl halides is 2. The molecule has 24 heavy (non-hydrogen) atoms. The van der Waals surface area contributed by atoms with Gasteiger partial charge in [-0.25, -0.2) is 4.98 Å². The fourth-order valence-corrected chi connectivity index (χ4v) is 3.47. The minimum atomic E-state index is -2.85. The largest absolute Gasteiger partial charge is 0.435 e. The fourth-order valence-electron chi connectivity index (χ4n) is 1.96. The van der Waals surface area contributed by atoms with Gasteiger partial charge >= 0.3 is 6.61 Å². The van der Waals surface area contributed by atoms with E-state index in [1.807, 2.05) is 16.8 Å². The molecule has 1 amide bonds. The smallest absolute Gasteiger partial charge is 0.387 e. The molecule has 4 nitrogen and oxygen atoms in total. The van der Waals surface area contributed by atoms with E-state index < -0.39 is 6.61 Å². The number of carbonyl (C=O) groups excluding carboxylic acids is 1. The van der Waals surface area contributed by atoms with E-state index >= 15 is 0 Å². The van der Waals surface area contributed by atoms with E-state index in [0.29, 0.717) is 5.69 Å². The number of thiophene rings is 1. The van der Waals surface area contributed by atoms with Gasteiger partial charge in [0.2, 0.25) is 0 Å². The Labute approximate surface area is 144 Å². The Morgan fingerprint density at radius 2 is 2.00 bits per heavy atom. The summed E-state index contributed by atoms with van der Waals surface area (Å²) >= 11 is 2.99. The zero-order valence-corrected chi connectivity index (χ0v) is 13.9. The number of halogens is 2. The van der Waals surface area contributed by atoms with Crippen LogP contribution in [0.5, 0.6) is 5.75 Å². The number of nitrogens with zero attached hydrogens (tertiary/aromatic N) is 1. The van der Waals surface area contributed by atoms with Crippen LogP contribution in [0.15, 0.2) is 46.5 Å². The van der Waals surface area contributed by atoms with Crippen molar-refractivity contribution in [2.24, 2.45) is 0 Å². The molecule has 2 aromatic heterocycles. The highest BCUT2D eigenvalue weighted by Gasteiger charge is 2.12. The van der Waals surface area contributed by atoms with Gasteiger partial charge in [-0.15, -0.1) is 11.3 Å². The summed E-state index contributed by atoms with van der Waals surface area (Å²) in [4.78, 5) is 16.4. The lowest BCUT2D eigenvalue weighted by Gasteiger charge is -2.06. The number of aromatic nitrogens is 1. The number of hydrogen-bond donors (Lipinski definition) is 1. The number of rotatable bonds is 6. The van der Waals surface area contributed by atoms with Crippen LogP contribution >= 0.6 is 22.7 Å². The molecule has 3 aromatic rings. The van der Waals surface area contributed by atoms with Crippen molar-refractivity contribution in [1.82, 2.24) is 10.3 Å². The zero-order valence-electron chi connectivity index (χ0n) is 12.2. The van der Waals surface area contributed by atoms with Gasteiger partial charge < -0.3 is 10.1 Å². The van der Waals surface area contributed by atoms with Crippen molar-refractivity contribution in [3.05, 3.63) is 57.7 Å². The van der Waals surface area contributed by atoms with Crippen LogP contribution in [0.1, 0.15) is 16.1 Å². The second kappa shape index (κ2) is 7.50. The van der Waals surface area contributed by atoms with Crippen LogP contribution in [0.2, 0.25) is 0 Å². The summed E-state index contributed by atoms with van der Waals surface area (Å²) in [5, 5.41) is 9.20. The van der Waals surface area contributed by atoms with Gasteiger partial charge in [0.05, 0.1) is 0 Å². The first-order chi connectivity index (χ1) is 11.6. The Morgan fingerprint density at radius 1 is 1.21 bits per heavy atom. The summed E-state index contributed by atoms with van der Waals surface area (Å²) in [6.45, 7) is -2.57. The van der Waals surface area contributed by atoms with Crippen molar-refractivity contribution in [2.45, 2.75) is 13.2 Å². The predicted molar refractivity (Wildman–Crippen MR) is 89.7 cm³/mol. The Bertz CT molecular complexity index is 802. The maximum Gasteiger partial charge on any atom is 0.387 e. The molecule has 1 N–H and O–H groups in total. The van der Waals surface area contributed by atoms with Crippen LogP contribution in [0.25, 0.3) is 10.6 Å². The van der Waals surface area contributed by atoms with E-state index in [1.54, 1.807) is 28.8 Å². The Hall–Kier alpha value is -2.32. The second-order valence-electron chi connectivity index (χ2n) is 4.76. The maximum absolute atomic E-state index is 12.1. The van der Waals surface area contributed by atoms with Gasteiger partial charge in [0.1, 0.15) is 16.5 Å². The number of nitrogens with one attached hydrogen (secondary N) is 1. The van der Waals surface area contributed by atoms with E-state index in [1.165, 1.54) is 23.5 Å². The number of carbonyl (C=O) groups is 1. The lowest BCUT2D eigenvalue weighted by molar-refractivity contribution is -0.0498. The molecule has 0 bridgehead atoms. The van der Waals surface area contributed by atoms with Gasteiger partial charge in [-0.1, -0.05) is 12.1 Å². The monoisotopic (exact) mass is 366 g/mol. The second-order valence-corrected chi connectivity index (χ2v) is 6.39. The molecular formula is C16H12F2N2O2S2. The first-order valence-electron chi connectivity index (χ1n) is 6.92. The van der Waals surface area contributed by atoms with Gasteiger partial charge in [0, 0.05) is 22.9 Å². The third kappa shape index (κ3) is 4.15. The quantitative estimate of drug-likeness (QED) is 0.703. The standard InChI is InChI=1S/C16H12F2N2O2S2/c17-16(18)22-12-3-1-10(2-4-12)7-19-14(21)13-9-24-15(20-13)11-5-6-23-8-11/h1-6,8-9,16H,7H2,(H,19,21). The molecule has 3 rings (SSSR count). The van der Waals surface area contributed by atoms with Gasteiger partial charge in [-0.3, -0.25) is 4.79 Å². The summed E-state index contributed by atoms with van der Waals surface area (Å²) in [6, 6.07) is 8.07. The molecule has 8 heteroatoms. The zero-order chi connectivity index (χ0) is 16.9. The van der Waals surface area contributed by atoms with Crippen molar-refractivity contribution in [1.29, 1.82) is 0 Å². The Balaban J connectivity index is 1.57. The molecule has 0 aliphatic carbocycles. The van der Waals surface area contributed by atoms with Crippen LogP contribution in [0.4, 0.5) is 8.78 Å². The van der Waals surface area contributed by atoms with Gasteiger partial charge in [0.15, 0.2) is 0 Å². The van der Waals surface area contributed by atoms with Crippen molar-refractivity contribution in [2.75, 3.05) is 0 Å². The lowest BCUT2D eigenvalue weighted by atomic mass is 10.2. The highest BCUT2D eigenvalue weighted by Crippen LogP contribution is 2.25. The number of hydrogen-bond acceptors (Lipinski definition) is 5. The van der Waals surface area contributed by atoms with E-state index in [-0.39, 0.29) is 18.2 Å². The molecule has 2 heterocycles. The summed E-state index contributed by atoms with van der Waals surface area (Å²) in [6.07, 6.45) is 0. The van der Waals surface area contributed by atoms with E-state index in [0.717, 1.165) is 16.1 Å². The third-order valence-electron chi connectivity index (χ3n) is 3.11. The van der Waals surface area contributed by atoms with E-state index in [2.05, 4.69) is 15.0 Å². The highest BCUT2D eigenvalue weighted by atomic mass is 32.1. The molecule has 0 saturated carbocycles. The normalized spacial score (nSPS) is 10.8. The first-order valence-corrected chi connectivity index (χ1v) is 8.74. The molecule has 0 spiro atoms. The average Bonchev–Trinajstić information content (AvgIpc) is 3.24. The van der Waals surface area contributed by atoms with Crippen molar-refractivity contribution in [3.8, 4) is 16.3 Å². The Kier molecular flexibility index (Phi) is 5.17. The third-order valence-corrected chi connectivity index (χ3v) is 4.68. The fraction of sp³-hybridized carbons (Fsp3) is 0.125. The first kappa shape index (κ1) is 16.5. The molecular weight excluding hydrogens is 354 g/mol. The molecule has 124 valence electrons. The number of amides is 1. The predicted octanol–water partition coefficient (Wildman–Crippen LogP) is 4.40. The van der Waals surface area contributed by atoms with Crippen LogP contribution in [-0.4, -0.2) is 17.5 Å². The molecule has 1 aromatic carbocycles. The molecule has 0 atom stereocenters. The Morgan fingerprint density at radius 3 is 2.67 bits per heavy atom. The van der Waals surface area contributed by atoms with Crippen LogP contribution < -0.4 is 10.1 Å². The summed E-state index contributed by atoms with van der Waals surface area (Å²) in [5.74, 6) is -0.194. The molecule has 0 aliphatic rings. The summed E-state index contributed by atoms with van der Waals surface area (Å²) in [7, 11) is 0. The minimum absolute atomic E-state index is 0.0833. The molecule has 0 aliphatic heterocycles. The summed E-state index contributed by atoms with van der Waals surface area (Å²) < 4.78 is 28.4. The van der Waals surface area contributed by atoms with Crippen LogP contribution in [0.3, 0.4) is 0 Å². The van der Waals surface area contributed by atoms with E-state index in [9.17, 15) is 13.6 Å². The van der Waals surface area contributed by atoms with Crippen molar-refractivity contribution in [3.63, 3.8) is 0 Å². The topological polar surface area (TPSA) is 51.2 Å². The number of thiazole rings is 1. The maximum atomic E-state index is 12.1. The number of ether oxygens (including phenoxy) is 1. The minimum Gasteiger partial charge on any atom is -0.435 e. The molecule has 0 radical (unpaired) electrons. The number of benzene rings is 1. The lowest BCUT2D eigenvalue weighted by Crippen LogP contribution is -2.23. The van der Waals surface area contributed by atoms with Gasteiger partial charge in [0.25, 0.3) is 5.91 Å². The average molecular weight is 366 g/mol. The molecule has 0 fully saturated rings. The van der Waals surface area contributed by atoms with Gasteiger partial charge in [-0.05, 0) is 29.1 Å². The summed E-state index contributed by atoms with van der Waals surface area (Å²) in [5.41, 5.74) is 2.13.